The molecule has 1 amide bonds. The first-order valence-corrected chi connectivity index (χ1v) is 4.59. The van der Waals surface area contributed by atoms with E-state index in [9.17, 15) is 4.79 Å². The number of hydrogen-bond donors (Lipinski definition) is 1. The minimum absolute atomic E-state index is 0.0524. The van der Waals surface area contributed by atoms with Gasteiger partial charge in [0.1, 0.15) is 5.76 Å². The van der Waals surface area contributed by atoms with E-state index in [2.05, 4.69) is 5.32 Å². The van der Waals surface area contributed by atoms with Gasteiger partial charge in [-0.1, -0.05) is 13.0 Å². The van der Waals surface area contributed by atoms with Gasteiger partial charge in [-0.25, -0.2) is 0 Å². The number of nitrogens with one attached hydrogen (secondary N) is 1. The number of amides is 1. The first-order chi connectivity index (χ1) is 6.65. The van der Waals surface area contributed by atoms with Gasteiger partial charge >= 0.3 is 0 Å². The van der Waals surface area contributed by atoms with Crippen molar-refractivity contribution in [3.8, 4) is 0 Å². The smallest absolute Gasteiger partial charge is 0.246 e. The summed E-state index contributed by atoms with van der Waals surface area (Å²) in [7, 11) is 1.62. The van der Waals surface area contributed by atoms with E-state index in [1.165, 1.54) is 0 Å². The van der Waals surface area contributed by atoms with Crippen molar-refractivity contribution in [2.24, 2.45) is 0 Å². The van der Waals surface area contributed by atoms with Crippen LogP contribution in [0.25, 0.3) is 0 Å². The fraction of sp³-hybridized carbons (Fsp3) is 0.364. The molecule has 1 unspecified atom stereocenters. The molecule has 0 bridgehead atoms. The molecular formula is C11H15NO2. The zero-order valence-electron chi connectivity index (χ0n) is 8.70. The average molecular weight is 193 g/mol. The van der Waals surface area contributed by atoms with Crippen LogP contribution in [0, 0.1) is 0 Å². The summed E-state index contributed by atoms with van der Waals surface area (Å²) in [5, 5.41) is 2.58. The van der Waals surface area contributed by atoms with Gasteiger partial charge in [-0.05, 0) is 19.1 Å². The Kier molecular flexibility index (Phi) is 3.51. The van der Waals surface area contributed by atoms with Gasteiger partial charge in [0.15, 0.2) is 0 Å². The van der Waals surface area contributed by atoms with Crippen LogP contribution in [0.4, 0.5) is 0 Å². The third-order valence-corrected chi connectivity index (χ3v) is 2.08. The van der Waals surface area contributed by atoms with Crippen LogP contribution < -0.4 is 5.32 Å². The van der Waals surface area contributed by atoms with Crippen LogP contribution in [-0.2, 0) is 4.79 Å². The Hall–Kier alpha value is -1.51. The van der Waals surface area contributed by atoms with E-state index in [1.807, 2.05) is 25.1 Å². The third kappa shape index (κ3) is 2.49. The minimum atomic E-state index is -0.0524. The van der Waals surface area contributed by atoms with E-state index in [0.29, 0.717) is 5.57 Å². The van der Waals surface area contributed by atoms with Crippen molar-refractivity contribution in [3.05, 3.63) is 35.8 Å². The number of likely N-dealkylation sites (N-methyl/N-ethyl adjacent to an activating group) is 1. The van der Waals surface area contributed by atoms with E-state index in [0.717, 1.165) is 5.76 Å². The molecule has 3 nitrogen and oxygen atoms in total. The van der Waals surface area contributed by atoms with Crippen molar-refractivity contribution in [1.82, 2.24) is 5.32 Å². The topological polar surface area (TPSA) is 42.2 Å². The molecule has 1 aromatic heterocycles. The second-order valence-corrected chi connectivity index (χ2v) is 3.23. The van der Waals surface area contributed by atoms with Crippen molar-refractivity contribution in [2.75, 3.05) is 7.05 Å². The van der Waals surface area contributed by atoms with Crippen molar-refractivity contribution >= 4 is 5.91 Å². The zero-order valence-corrected chi connectivity index (χ0v) is 8.70. The van der Waals surface area contributed by atoms with Crippen LogP contribution in [0.15, 0.2) is 34.5 Å². The van der Waals surface area contributed by atoms with Crippen LogP contribution in [-0.4, -0.2) is 13.0 Å². The van der Waals surface area contributed by atoms with Gasteiger partial charge in [-0.2, -0.15) is 0 Å². The molecular weight excluding hydrogens is 178 g/mol. The van der Waals surface area contributed by atoms with E-state index >= 15 is 0 Å². The molecule has 1 heterocycles. The molecule has 1 atom stereocenters. The van der Waals surface area contributed by atoms with Crippen molar-refractivity contribution in [2.45, 2.75) is 19.8 Å². The molecule has 0 aliphatic heterocycles. The molecule has 1 rings (SSSR count). The summed E-state index contributed by atoms with van der Waals surface area (Å²) < 4.78 is 5.23. The van der Waals surface area contributed by atoms with Crippen LogP contribution in [0.5, 0.6) is 0 Å². The minimum Gasteiger partial charge on any atom is -0.469 e. The van der Waals surface area contributed by atoms with E-state index in [1.54, 1.807) is 20.2 Å². The van der Waals surface area contributed by atoms with Gasteiger partial charge in [0.2, 0.25) is 5.91 Å². The highest BCUT2D eigenvalue weighted by Crippen LogP contribution is 2.18. The second-order valence-electron chi connectivity index (χ2n) is 3.23. The summed E-state index contributed by atoms with van der Waals surface area (Å²) >= 11 is 0. The molecule has 0 radical (unpaired) electrons. The predicted octanol–water partition coefficient (Wildman–Crippen LogP) is 2.08. The first-order valence-electron chi connectivity index (χ1n) is 4.59. The molecule has 3 heteroatoms. The standard InChI is InChI=1S/C11H15NO2/c1-8(10-5-4-6-14-10)7-9(2)11(13)12-3/h4-8H,1-3H3,(H,12,13)/b9-7+. The molecule has 1 aromatic rings. The lowest BCUT2D eigenvalue weighted by atomic mass is 10.1. The Morgan fingerprint density at radius 2 is 2.36 bits per heavy atom. The number of furan rings is 1. The molecule has 14 heavy (non-hydrogen) atoms. The molecule has 0 aliphatic carbocycles. The molecule has 0 aromatic carbocycles. The monoisotopic (exact) mass is 193 g/mol. The maximum absolute atomic E-state index is 11.2. The van der Waals surface area contributed by atoms with Crippen molar-refractivity contribution in [1.29, 1.82) is 0 Å². The molecule has 0 saturated heterocycles. The summed E-state index contributed by atoms with van der Waals surface area (Å²) in [6.45, 7) is 3.78. The summed E-state index contributed by atoms with van der Waals surface area (Å²) in [6, 6.07) is 3.74. The van der Waals surface area contributed by atoms with Gasteiger partial charge < -0.3 is 9.73 Å². The van der Waals surface area contributed by atoms with E-state index < -0.39 is 0 Å². The number of carbonyl (C=O) groups is 1. The van der Waals surface area contributed by atoms with Crippen LogP contribution >= 0.6 is 0 Å². The Balaban J connectivity index is 2.72. The number of rotatable bonds is 3. The lowest BCUT2D eigenvalue weighted by Crippen LogP contribution is -2.18. The van der Waals surface area contributed by atoms with Crippen LogP contribution in [0.3, 0.4) is 0 Å². The summed E-state index contributed by atoms with van der Waals surface area (Å²) in [5.41, 5.74) is 0.705. The van der Waals surface area contributed by atoms with E-state index in [-0.39, 0.29) is 11.8 Å². The zero-order chi connectivity index (χ0) is 10.6. The summed E-state index contributed by atoms with van der Waals surface area (Å²) in [5.74, 6) is 0.943. The fourth-order valence-corrected chi connectivity index (χ4v) is 1.28. The van der Waals surface area contributed by atoms with Crippen molar-refractivity contribution < 1.29 is 9.21 Å². The molecule has 0 spiro atoms. The first kappa shape index (κ1) is 10.6. The Morgan fingerprint density at radius 3 is 2.86 bits per heavy atom. The second kappa shape index (κ2) is 4.65. The Bertz CT molecular complexity index is 325. The molecule has 0 fully saturated rings. The number of hydrogen-bond acceptors (Lipinski definition) is 2. The van der Waals surface area contributed by atoms with E-state index in [4.69, 9.17) is 4.42 Å². The Labute approximate surface area is 83.8 Å². The Morgan fingerprint density at radius 1 is 1.64 bits per heavy atom. The predicted molar refractivity (Wildman–Crippen MR) is 54.9 cm³/mol. The van der Waals surface area contributed by atoms with Gasteiger partial charge in [0, 0.05) is 18.5 Å². The fourth-order valence-electron chi connectivity index (χ4n) is 1.28. The van der Waals surface area contributed by atoms with Crippen molar-refractivity contribution in [3.63, 3.8) is 0 Å². The summed E-state index contributed by atoms with van der Waals surface area (Å²) in [4.78, 5) is 11.2. The van der Waals surface area contributed by atoms with Gasteiger partial charge in [0.25, 0.3) is 0 Å². The highest BCUT2D eigenvalue weighted by molar-refractivity contribution is 5.92. The lowest BCUT2D eigenvalue weighted by molar-refractivity contribution is -0.117. The lowest BCUT2D eigenvalue weighted by Gasteiger charge is -2.04. The largest absolute Gasteiger partial charge is 0.469 e. The maximum atomic E-state index is 11.2. The maximum Gasteiger partial charge on any atom is 0.246 e. The van der Waals surface area contributed by atoms with Crippen LogP contribution in [0.1, 0.15) is 25.5 Å². The van der Waals surface area contributed by atoms with Crippen LogP contribution in [0.2, 0.25) is 0 Å². The van der Waals surface area contributed by atoms with Gasteiger partial charge in [0.05, 0.1) is 6.26 Å². The van der Waals surface area contributed by atoms with Gasteiger partial charge in [-0.15, -0.1) is 0 Å². The molecule has 1 N–H and O–H groups in total. The van der Waals surface area contributed by atoms with Gasteiger partial charge in [-0.3, -0.25) is 4.79 Å². The summed E-state index contributed by atoms with van der Waals surface area (Å²) in [6.07, 6.45) is 3.52. The molecule has 0 aliphatic rings. The number of allylic oxidation sites excluding steroid dienone is 1. The highest BCUT2D eigenvalue weighted by atomic mass is 16.3. The SMILES string of the molecule is CNC(=O)/C(C)=C/C(C)c1ccco1. The quantitative estimate of drug-likeness (QED) is 0.747. The third-order valence-electron chi connectivity index (χ3n) is 2.08. The normalized spacial score (nSPS) is 13.8. The average Bonchev–Trinajstić information content (AvgIpc) is 2.69. The highest BCUT2D eigenvalue weighted by Gasteiger charge is 2.08. The molecule has 0 saturated carbocycles. The number of carbonyl (C=O) groups excluding carboxylic acids is 1. The molecule has 76 valence electrons.